The van der Waals surface area contributed by atoms with Crippen molar-refractivity contribution in [1.29, 1.82) is 0 Å². The third-order valence-electron chi connectivity index (χ3n) is 5.88. The Bertz CT molecular complexity index is 578. The summed E-state index contributed by atoms with van der Waals surface area (Å²) in [5, 5.41) is 12.2. The molecule has 24 heavy (non-hydrogen) atoms. The van der Waals surface area contributed by atoms with Gasteiger partial charge in [0.15, 0.2) is 0 Å². The van der Waals surface area contributed by atoms with Gasteiger partial charge in [-0.3, -0.25) is 9.59 Å². The number of carbonyl (C=O) groups excluding carboxylic acids is 1. The van der Waals surface area contributed by atoms with Crippen LogP contribution in [0.4, 0.5) is 0 Å². The van der Waals surface area contributed by atoms with Crippen LogP contribution < -0.4 is 5.32 Å². The van der Waals surface area contributed by atoms with E-state index < -0.39 is 5.97 Å². The number of rotatable bonds is 6. The van der Waals surface area contributed by atoms with Gasteiger partial charge in [-0.15, -0.1) is 0 Å². The highest BCUT2D eigenvalue weighted by molar-refractivity contribution is 5.80. The second-order valence-corrected chi connectivity index (χ2v) is 7.63. The van der Waals surface area contributed by atoms with Gasteiger partial charge in [0.1, 0.15) is 0 Å². The fourth-order valence-corrected chi connectivity index (χ4v) is 4.43. The fourth-order valence-electron chi connectivity index (χ4n) is 4.43. The Labute approximate surface area is 143 Å². The van der Waals surface area contributed by atoms with Crippen molar-refractivity contribution in [3.63, 3.8) is 0 Å². The van der Waals surface area contributed by atoms with E-state index in [9.17, 15) is 9.59 Å². The number of carboxylic acid groups (broad SMARTS) is 1. The van der Waals surface area contributed by atoms with Gasteiger partial charge in [-0.2, -0.15) is 0 Å². The summed E-state index contributed by atoms with van der Waals surface area (Å²) in [6, 6.07) is 10.5. The van der Waals surface area contributed by atoms with Gasteiger partial charge in [-0.05, 0) is 49.5 Å². The van der Waals surface area contributed by atoms with Crippen LogP contribution in [0.25, 0.3) is 0 Å². The van der Waals surface area contributed by atoms with Crippen LogP contribution in [0.3, 0.4) is 0 Å². The van der Waals surface area contributed by atoms with Crippen molar-refractivity contribution in [3.8, 4) is 0 Å². The second-order valence-electron chi connectivity index (χ2n) is 7.63. The number of nitrogens with one attached hydrogen (secondary N) is 1. The number of amides is 1. The predicted molar refractivity (Wildman–Crippen MR) is 92.5 cm³/mol. The number of carboxylic acids is 1. The van der Waals surface area contributed by atoms with Crippen LogP contribution >= 0.6 is 0 Å². The summed E-state index contributed by atoms with van der Waals surface area (Å²) in [7, 11) is 0. The minimum Gasteiger partial charge on any atom is -0.481 e. The Morgan fingerprint density at radius 1 is 1.08 bits per heavy atom. The van der Waals surface area contributed by atoms with E-state index in [-0.39, 0.29) is 23.2 Å². The van der Waals surface area contributed by atoms with Gasteiger partial charge in [0, 0.05) is 12.5 Å². The average molecular weight is 329 g/mol. The van der Waals surface area contributed by atoms with Crippen LogP contribution in [-0.4, -0.2) is 23.5 Å². The topological polar surface area (TPSA) is 66.4 Å². The van der Waals surface area contributed by atoms with Gasteiger partial charge in [0.25, 0.3) is 0 Å². The van der Waals surface area contributed by atoms with E-state index >= 15 is 0 Å². The molecule has 1 aromatic carbocycles. The van der Waals surface area contributed by atoms with Crippen LogP contribution in [0, 0.1) is 17.3 Å². The fraction of sp³-hybridized carbons (Fsp3) is 0.600. The van der Waals surface area contributed by atoms with Gasteiger partial charge in [-0.25, -0.2) is 0 Å². The lowest BCUT2D eigenvalue weighted by Gasteiger charge is -2.30. The molecular formula is C20H27NO3. The minimum atomic E-state index is -0.762. The average Bonchev–Trinajstić information content (AvgIpc) is 3.24. The molecular weight excluding hydrogens is 302 g/mol. The van der Waals surface area contributed by atoms with Crippen molar-refractivity contribution in [2.45, 2.75) is 51.4 Å². The zero-order valence-corrected chi connectivity index (χ0v) is 14.2. The lowest BCUT2D eigenvalue weighted by Crippen LogP contribution is -2.39. The zero-order valence-electron chi connectivity index (χ0n) is 14.2. The molecule has 3 rings (SSSR count). The van der Waals surface area contributed by atoms with Crippen LogP contribution in [0.5, 0.6) is 0 Å². The Balaban J connectivity index is 1.56. The highest BCUT2D eigenvalue weighted by Gasteiger charge is 2.37. The number of hydrogen-bond acceptors (Lipinski definition) is 2. The lowest BCUT2D eigenvalue weighted by molar-refractivity contribution is -0.141. The smallest absolute Gasteiger partial charge is 0.306 e. The molecule has 0 aromatic heterocycles. The molecule has 2 N–H and O–H groups in total. The number of benzene rings is 1. The van der Waals surface area contributed by atoms with Crippen LogP contribution in [0.15, 0.2) is 30.3 Å². The molecule has 0 aliphatic heterocycles. The molecule has 2 aliphatic carbocycles. The lowest BCUT2D eigenvalue weighted by atomic mass is 9.80. The number of aliphatic carboxylic acids is 1. The SMILES string of the molecule is O=C(O)[C@@H]1CC[C@H](C(=O)NCC2(Cc3ccccc3)CCCC2)C1. The summed E-state index contributed by atoms with van der Waals surface area (Å²) in [6.07, 6.45) is 7.61. The maximum Gasteiger partial charge on any atom is 0.306 e. The molecule has 1 aromatic rings. The summed E-state index contributed by atoms with van der Waals surface area (Å²) in [6.45, 7) is 0.717. The number of carbonyl (C=O) groups is 2. The predicted octanol–water partition coefficient (Wildman–Crippen LogP) is 3.41. The first kappa shape index (κ1) is 17.0. The Kier molecular flexibility index (Phi) is 5.22. The largest absolute Gasteiger partial charge is 0.481 e. The summed E-state index contributed by atoms with van der Waals surface area (Å²) in [5.74, 6) is -1.17. The molecule has 0 heterocycles. The molecule has 0 bridgehead atoms. The standard InChI is InChI=1S/C20H27NO3/c22-18(16-8-9-17(12-16)19(23)24)21-14-20(10-4-5-11-20)13-15-6-2-1-3-7-15/h1-3,6-7,16-17H,4-5,8-14H2,(H,21,22)(H,23,24)/t16-,17+/m0/s1. The number of hydrogen-bond donors (Lipinski definition) is 2. The summed E-state index contributed by atoms with van der Waals surface area (Å²) < 4.78 is 0. The zero-order chi connectivity index (χ0) is 17.0. The molecule has 0 unspecified atom stereocenters. The van der Waals surface area contributed by atoms with Gasteiger partial charge in [0.2, 0.25) is 5.91 Å². The first-order valence-corrected chi connectivity index (χ1v) is 9.12. The molecule has 0 radical (unpaired) electrons. The first-order valence-electron chi connectivity index (χ1n) is 9.12. The van der Waals surface area contributed by atoms with Crippen molar-refractivity contribution in [2.75, 3.05) is 6.54 Å². The summed E-state index contributed by atoms with van der Waals surface area (Å²) in [5.41, 5.74) is 1.50. The molecule has 130 valence electrons. The Morgan fingerprint density at radius 3 is 2.38 bits per heavy atom. The van der Waals surface area contributed by atoms with E-state index in [4.69, 9.17) is 5.11 Å². The van der Waals surface area contributed by atoms with Crippen LogP contribution in [-0.2, 0) is 16.0 Å². The van der Waals surface area contributed by atoms with E-state index in [0.717, 1.165) is 25.8 Å². The molecule has 2 fully saturated rings. The third kappa shape index (κ3) is 3.97. The third-order valence-corrected chi connectivity index (χ3v) is 5.88. The highest BCUT2D eigenvalue weighted by atomic mass is 16.4. The van der Waals surface area contributed by atoms with Gasteiger partial charge >= 0.3 is 5.97 Å². The molecule has 4 nitrogen and oxygen atoms in total. The highest BCUT2D eigenvalue weighted by Crippen LogP contribution is 2.40. The molecule has 1 amide bonds. The molecule has 4 heteroatoms. The second kappa shape index (κ2) is 7.37. The molecule has 2 saturated carbocycles. The summed E-state index contributed by atoms with van der Waals surface area (Å²) >= 11 is 0. The Hall–Kier alpha value is -1.84. The normalized spacial score (nSPS) is 25.5. The maximum absolute atomic E-state index is 12.5. The maximum atomic E-state index is 12.5. The monoisotopic (exact) mass is 329 g/mol. The van der Waals surface area contributed by atoms with Crippen molar-refractivity contribution >= 4 is 11.9 Å². The minimum absolute atomic E-state index is 0.0538. The van der Waals surface area contributed by atoms with E-state index in [1.54, 1.807) is 0 Å². The van der Waals surface area contributed by atoms with Crippen molar-refractivity contribution in [3.05, 3.63) is 35.9 Å². The van der Waals surface area contributed by atoms with Crippen molar-refractivity contribution in [2.24, 2.45) is 17.3 Å². The van der Waals surface area contributed by atoms with Crippen molar-refractivity contribution in [1.82, 2.24) is 5.32 Å². The quantitative estimate of drug-likeness (QED) is 0.840. The molecule has 2 aliphatic rings. The first-order chi connectivity index (χ1) is 11.6. The van der Waals surface area contributed by atoms with E-state index in [0.29, 0.717) is 19.3 Å². The molecule has 0 saturated heterocycles. The van der Waals surface area contributed by atoms with E-state index in [2.05, 4.69) is 29.6 Å². The van der Waals surface area contributed by atoms with Crippen LogP contribution in [0.1, 0.15) is 50.5 Å². The van der Waals surface area contributed by atoms with E-state index in [1.165, 1.54) is 18.4 Å². The van der Waals surface area contributed by atoms with Gasteiger partial charge < -0.3 is 10.4 Å². The van der Waals surface area contributed by atoms with E-state index in [1.807, 2.05) is 6.07 Å². The molecule has 2 atom stereocenters. The molecule has 0 spiro atoms. The Morgan fingerprint density at radius 2 is 1.75 bits per heavy atom. The van der Waals surface area contributed by atoms with Gasteiger partial charge in [-0.1, -0.05) is 43.2 Å². The van der Waals surface area contributed by atoms with Gasteiger partial charge in [0.05, 0.1) is 5.92 Å². The van der Waals surface area contributed by atoms with Crippen molar-refractivity contribution < 1.29 is 14.7 Å². The van der Waals surface area contributed by atoms with Crippen LogP contribution in [0.2, 0.25) is 0 Å². The summed E-state index contributed by atoms with van der Waals surface area (Å²) in [4.78, 5) is 23.5.